The zero-order chi connectivity index (χ0) is 15.9. The molecule has 6 nitrogen and oxygen atoms in total. The van der Waals surface area contributed by atoms with Crippen LogP contribution in [0.3, 0.4) is 0 Å². The summed E-state index contributed by atoms with van der Waals surface area (Å²) in [4.78, 5) is 27.2. The topological polar surface area (TPSA) is 80.3 Å². The lowest BCUT2D eigenvalue weighted by molar-refractivity contribution is -0.119. The van der Waals surface area contributed by atoms with Crippen LogP contribution in [-0.4, -0.2) is 23.9 Å². The maximum Gasteiger partial charge on any atom is 0.255 e. The van der Waals surface area contributed by atoms with Crippen molar-refractivity contribution in [2.45, 2.75) is 13.5 Å². The molecule has 0 unspecified atom stereocenters. The average molecular weight is 299 g/mol. The van der Waals surface area contributed by atoms with Crippen molar-refractivity contribution in [3.63, 3.8) is 0 Å². The van der Waals surface area contributed by atoms with E-state index in [1.165, 1.54) is 6.92 Å². The molecule has 0 aliphatic heterocycles. The second-order valence-corrected chi connectivity index (χ2v) is 4.63. The van der Waals surface area contributed by atoms with Crippen LogP contribution in [0, 0.1) is 0 Å². The molecule has 0 spiro atoms. The van der Waals surface area contributed by atoms with E-state index in [-0.39, 0.29) is 11.8 Å². The minimum absolute atomic E-state index is 0.144. The molecule has 2 rings (SSSR count). The highest BCUT2D eigenvalue weighted by molar-refractivity contribution is 6.04. The number of hydrogen-bond acceptors (Lipinski definition) is 4. The molecule has 0 aliphatic rings. The Kier molecular flexibility index (Phi) is 5.08. The number of nitrogens with one attached hydrogen (secondary N) is 2. The number of aromatic nitrogens is 1. The van der Waals surface area contributed by atoms with Crippen molar-refractivity contribution >= 4 is 17.5 Å². The highest BCUT2D eigenvalue weighted by Crippen LogP contribution is 2.16. The molecule has 0 saturated carbocycles. The van der Waals surface area contributed by atoms with Crippen LogP contribution in [-0.2, 0) is 11.3 Å². The van der Waals surface area contributed by atoms with Crippen molar-refractivity contribution in [2.24, 2.45) is 0 Å². The molecule has 2 amide bonds. The summed E-state index contributed by atoms with van der Waals surface area (Å²) in [6.07, 6.45) is 1.54. The molecule has 1 heterocycles. The van der Waals surface area contributed by atoms with Crippen LogP contribution < -0.4 is 15.4 Å². The fourth-order valence-electron chi connectivity index (χ4n) is 1.81. The quantitative estimate of drug-likeness (QED) is 0.884. The predicted molar refractivity (Wildman–Crippen MR) is 82.7 cm³/mol. The second kappa shape index (κ2) is 7.21. The number of rotatable bonds is 5. The van der Waals surface area contributed by atoms with E-state index in [1.807, 2.05) is 0 Å². The van der Waals surface area contributed by atoms with Gasteiger partial charge in [0.15, 0.2) is 0 Å². The second-order valence-electron chi connectivity index (χ2n) is 4.63. The van der Waals surface area contributed by atoms with Gasteiger partial charge in [-0.3, -0.25) is 14.6 Å². The summed E-state index contributed by atoms with van der Waals surface area (Å²) in [6, 6.07) is 10.3. The summed E-state index contributed by atoms with van der Waals surface area (Å²) in [7, 11) is 1.58. The van der Waals surface area contributed by atoms with Gasteiger partial charge < -0.3 is 15.4 Å². The number of nitrogens with zero attached hydrogens (tertiary/aromatic N) is 1. The molecule has 0 saturated heterocycles. The SMILES string of the molecule is COc1ccc(NC(=O)c2ccnc(CNC(C)=O)c2)cc1. The fourth-order valence-corrected chi connectivity index (χ4v) is 1.81. The zero-order valence-corrected chi connectivity index (χ0v) is 12.4. The van der Waals surface area contributed by atoms with Gasteiger partial charge in [0, 0.05) is 24.4 Å². The molecular weight excluding hydrogens is 282 g/mol. The Hall–Kier alpha value is -2.89. The minimum atomic E-state index is -0.239. The monoisotopic (exact) mass is 299 g/mol. The number of hydrogen-bond donors (Lipinski definition) is 2. The van der Waals surface area contributed by atoms with Crippen LogP contribution in [0.4, 0.5) is 5.69 Å². The molecule has 0 aliphatic carbocycles. The normalized spacial score (nSPS) is 9.91. The van der Waals surface area contributed by atoms with Gasteiger partial charge >= 0.3 is 0 Å². The van der Waals surface area contributed by atoms with Gasteiger partial charge in [0.05, 0.1) is 19.3 Å². The lowest BCUT2D eigenvalue weighted by Gasteiger charge is -2.07. The summed E-state index contributed by atoms with van der Waals surface area (Å²) in [5, 5.41) is 5.44. The molecule has 22 heavy (non-hydrogen) atoms. The third-order valence-corrected chi connectivity index (χ3v) is 2.95. The molecule has 2 N–H and O–H groups in total. The first-order chi connectivity index (χ1) is 10.6. The Morgan fingerprint density at radius 3 is 2.55 bits per heavy atom. The van der Waals surface area contributed by atoms with Gasteiger partial charge in [-0.05, 0) is 36.4 Å². The van der Waals surface area contributed by atoms with E-state index in [9.17, 15) is 9.59 Å². The Bertz CT molecular complexity index is 669. The van der Waals surface area contributed by atoms with Gasteiger partial charge in [-0.2, -0.15) is 0 Å². The number of ether oxygens (including phenoxy) is 1. The smallest absolute Gasteiger partial charge is 0.255 e. The van der Waals surface area contributed by atoms with Crippen molar-refractivity contribution in [1.29, 1.82) is 0 Å². The maximum atomic E-state index is 12.2. The summed E-state index contributed by atoms with van der Waals surface area (Å²) in [5.41, 5.74) is 1.77. The van der Waals surface area contributed by atoms with Gasteiger partial charge in [0.2, 0.25) is 5.91 Å². The van der Waals surface area contributed by atoms with Gasteiger partial charge in [-0.1, -0.05) is 0 Å². The Morgan fingerprint density at radius 2 is 1.91 bits per heavy atom. The first kappa shape index (κ1) is 15.5. The van der Waals surface area contributed by atoms with Gasteiger partial charge in [-0.15, -0.1) is 0 Å². The highest BCUT2D eigenvalue weighted by atomic mass is 16.5. The molecule has 2 aromatic rings. The van der Waals surface area contributed by atoms with E-state index >= 15 is 0 Å². The maximum absolute atomic E-state index is 12.2. The first-order valence-electron chi connectivity index (χ1n) is 6.73. The lowest BCUT2D eigenvalue weighted by Crippen LogP contribution is -2.20. The van der Waals surface area contributed by atoms with E-state index in [1.54, 1.807) is 49.7 Å². The number of pyridine rings is 1. The molecule has 0 bridgehead atoms. The third kappa shape index (κ3) is 4.31. The summed E-state index contributed by atoms with van der Waals surface area (Å²) < 4.78 is 5.07. The van der Waals surface area contributed by atoms with Crippen molar-refractivity contribution in [2.75, 3.05) is 12.4 Å². The van der Waals surface area contributed by atoms with E-state index in [0.29, 0.717) is 23.5 Å². The van der Waals surface area contributed by atoms with Crippen LogP contribution in [0.15, 0.2) is 42.6 Å². The molecule has 6 heteroatoms. The predicted octanol–water partition coefficient (Wildman–Crippen LogP) is 1.98. The molecular formula is C16H17N3O3. The molecule has 1 aromatic carbocycles. The number of carbonyl (C=O) groups excluding carboxylic acids is 2. The van der Waals surface area contributed by atoms with Crippen LogP contribution in [0.25, 0.3) is 0 Å². The number of benzene rings is 1. The van der Waals surface area contributed by atoms with Gasteiger partial charge in [0.1, 0.15) is 5.75 Å². The zero-order valence-electron chi connectivity index (χ0n) is 12.4. The van der Waals surface area contributed by atoms with Crippen LogP contribution in [0.5, 0.6) is 5.75 Å². The van der Waals surface area contributed by atoms with Crippen LogP contribution in [0.2, 0.25) is 0 Å². The highest BCUT2D eigenvalue weighted by Gasteiger charge is 2.08. The number of anilines is 1. The molecule has 0 fully saturated rings. The van der Waals surface area contributed by atoms with E-state index in [0.717, 1.165) is 5.75 Å². The fraction of sp³-hybridized carbons (Fsp3) is 0.188. The summed E-state index contributed by atoms with van der Waals surface area (Å²) in [6.45, 7) is 1.72. The van der Waals surface area contributed by atoms with Crippen LogP contribution in [0.1, 0.15) is 23.0 Å². The Labute approximate surface area is 128 Å². The Balaban J connectivity index is 2.05. The van der Waals surface area contributed by atoms with Crippen molar-refractivity contribution < 1.29 is 14.3 Å². The number of carbonyl (C=O) groups is 2. The lowest BCUT2D eigenvalue weighted by atomic mass is 10.2. The average Bonchev–Trinajstić information content (AvgIpc) is 2.54. The van der Waals surface area contributed by atoms with E-state index in [4.69, 9.17) is 4.74 Å². The summed E-state index contributed by atoms with van der Waals surface area (Å²) >= 11 is 0. The van der Waals surface area contributed by atoms with E-state index < -0.39 is 0 Å². The molecule has 114 valence electrons. The van der Waals surface area contributed by atoms with E-state index in [2.05, 4.69) is 15.6 Å². The Morgan fingerprint density at radius 1 is 1.18 bits per heavy atom. The first-order valence-corrected chi connectivity index (χ1v) is 6.73. The third-order valence-electron chi connectivity index (χ3n) is 2.95. The van der Waals surface area contributed by atoms with Crippen LogP contribution >= 0.6 is 0 Å². The summed E-state index contributed by atoms with van der Waals surface area (Å²) in [5.74, 6) is 0.339. The molecule has 1 aromatic heterocycles. The number of methoxy groups -OCH3 is 1. The van der Waals surface area contributed by atoms with Crippen molar-refractivity contribution in [3.8, 4) is 5.75 Å². The molecule has 0 radical (unpaired) electrons. The molecule has 0 atom stereocenters. The van der Waals surface area contributed by atoms with Gasteiger partial charge in [-0.25, -0.2) is 0 Å². The minimum Gasteiger partial charge on any atom is -0.497 e. The number of amides is 2. The van der Waals surface area contributed by atoms with Gasteiger partial charge in [0.25, 0.3) is 5.91 Å². The largest absolute Gasteiger partial charge is 0.497 e. The standard InChI is InChI=1S/C16H17N3O3/c1-11(20)18-10-14-9-12(7-8-17-14)16(21)19-13-3-5-15(22-2)6-4-13/h3-9H,10H2,1-2H3,(H,18,20)(H,19,21). The van der Waals surface area contributed by atoms with Crippen molar-refractivity contribution in [3.05, 3.63) is 53.9 Å². The van der Waals surface area contributed by atoms with Crippen molar-refractivity contribution in [1.82, 2.24) is 10.3 Å².